The number of carbonyl (C=O) groups is 1. The number of nitrogen functional groups attached to an aromatic ring is 1. The highest BCUT2D eigenvalue weighted by Crippen LogP contribution is 2.18. The van der Waals surface area contributed by atoms with Crippen molar-refractivity contribution in [3.8, 4) is 0 Å². The van der Waals surface area contributed by atoms with Crippen LogP contribution in [0.1, 0.15) is 23.7 Å². The number of rotatable bonds is 8. The molecule has 100 valence electrons. The molecule has 0 spiro atoms. The van der Waals surface area contributed by atoms with Crippen LogP contribution in [0.4, 0.5) is 11.4 Å². The third kappa shape index (κ3) is 4.73. The van der Waals surface area contributed by atoms with Crippen molar-refractivity contribution in [1.82, 2.24) is 0 Å². The highest BCUT2D eigenvalue weighted by atomic mass is 16.5. The van der Waals surface area contributed by atoms with E-state index in [0.717, 1.165) is 18.7 Å². The molecule has 18 heavy (non-hydrogen) atoms. The van der Waals surface area contributed by atoms with Crippen LogP contribution in [0.25, 0.3) is 0 Å². The van der Waals surface area contributed by atoms with Crippen molar-refractivity contribution in [2.45, 2.75) is 13.3 Å². The van der Waals surface area contributed by atoms with Gasteiger partial charge in [0.2, 0.25) is 0 Å². The van der Waals surface area contributed by atoms with Crippen molar-refractivity contribution < 1.29 is 14.6 Å². The van der Waals surface area contributed by atoms with Crippen LogP contribution >= 0.6 is 0 Å². The lowest BCUT2D eigenvalue weighted by Crippen LogP contribution is -2.08. The van der Waals surface area contributed by atoms with Crippen LogP contribution in [-0.2, 0) is 4.74 Å². The minimum atomic E-state index is -0.0311. The van der Waals surface area contributed by atoms with E-state index in [1.165, 1.54) is 6.92 Å². The zero-order valence-corrected chi connectivity index (χ0v) is 10.6. The Kier molecular flexibility index (Phi) is 6.18. The van der Waals surface area contributed by atoms with E-state index in [1.54, 1.807) is 12.1 Å². The third-order valence-electron chi connectivity index (χ3n) is 2.46. The van der Waals surface area contributed by atoms with Gasteiger partial charge in [0.15, 0.2) is 5.78 Å². The first-order chi connectivity index (χ1) is 8.65. The third-order valence-corrected chi connectivity index (χ3v) is 2.46. The number of carbonyl (C=O) groups excluding carboxylic acids is 1. The molecule has 4 N–H and O–H groups in total. The number of aliphatic hydroxyl groups excluding tert-OH is 1. The quantitative estimate of drug-likeness (QED) is 0.369. The van der Waals surface area contributed by atoms with Crippen LogP contribution in [0.5, 0.6) is 0 Å². The predicted molar refractivity (Wildman–Crippen MR) is 71.9 cm³/mol. The topological polar surface area (TPSA) is 84.6 Å². The van der Waals surface area contributed by atoms with E-state index in [4.69, 9.17) is 15.6 Å². The molecule has 0 aromatic heterocycles. The van der Waals surface area contributed by atoms with E-state index in [9.17, 15) is 4.79 Å². The van der Waals surface area contributed by atoms with Gasteiger partial charge in [-0.1, -0.05) is 0 Å². The Bertz CT molecular complexity index is 394. The van der Waals surface area contributed by atoms with Crippen molar-refractivity contribution in [3.05, 3.63) is 23.8 Å². The number of hydrogen-bond acceptors (Lipinski definition) is 5. The number of benzene rings is 1. The van der Waals surface area contributed by atoms with Crippen molar-refractivity contribution in [2.24, 2.45) is 0 Å². The molecule has 0 aliphatic heterocycles. The van der Waals surface area contributed by atoms with Gasteiger partial charge < -0.3 is 20.9 Å². The lowest BCUT2D eigenvalue weighted by atomic mass is 10.1. The van der Waals surface area contributed by atoms with Gasteiger partial charge in [-0.15, -0.1) is 0 Å². The van der Waals surface area contributed by atoms with Crippen molar-refractivity contribution in [3.63, 3.8) is 0 Å². The van der Waals surface area contributed by atoms with E-state index >= 15 is 0 Å². The molecule has 5 heteroatoms. The fourth-order valence-electron chi connectivity index (χ4n) is 1.57. The number of hydrogen-bond donors (Lipinski definition) is 3. The summed E-state index contributed by atoms with van der Waals surface area (Å²) in [6, 6.07) is 5.31. The van der Waals surface area contributed by atoms with Gasteiger partial charge in [-0.3, -0.25) is 4.79 Å². The molecule has 0 aliphatic rings. The summed E-state index contributed by atoms with van der Waals surface area (Å²) in [5.74, 6) is -0.0311. The van der Waals surface area contributed by atoms with Gasteiger partial charge in [0.1, 0.15) is 0 Å². The summed E-state index contributed by atoms with van der Waals surface area (Å²) < 4.78 is 5.14. The molecule has 1 rings (SSSR count). The fourth-order valence-corrected chi connectivity index (χ4v) is 1.57. The fraction of sp³-hybridized carbons (Fsp3) is 0.462. The Labute approximate surface area is 107 Å². The SMILES string of the molecule is CC(=O)c1ccc(NCCCOCCO)cc1N. The number of ketones is 1. The van der Waals surface area contributed by atoms with Gasteiger partial charge in [-0.2, -0.15) is 0 Å². The summed E-state index contributed by atoms with van der Waals surface area (Å²) >= 11 is 0. The lowest BCUT2D eigenvalue weighted by molar-refractivity contribution is 0.0922. The first kappa shape index (κ1) is 14.5. The molecular formula is C13H20N2O3. The molecule has 0 aliphatic carbocycles. The Morgan fingerprint density at radius 2 is 2.22 bits per heavy atom. The monoisotopic (exact) mass is 252 g/mol. The van der Waals surface area contributed by atoms with E-state index in [0.29, 0.717) is 24.5 Å². The van der Waals surface area contributed by atoms with E-state index < -0.39 is 0 Å². The Morgan fingerprint density at radius 3 is 2.83 bits per heavy atom. The van der Waals surface area contributed by atoms with Gasteiger partial charge in [-0.05, 0) is 31.5 Å². The largest absolute Gasteiger partial charge is 0.398 e. The number of aliphatic hydroxyl groups is 1. The second kappa shape index (κ2) is 7.68. The van der Waals surface area contributed by atoms with Crippen molar-refractivity contribution >= 4 is 17.2 Å². The minimum Gasteiger partial charge on any atom is -0.398 e. The zero-order chi connectivity index (χ0) is 13.4. The summed E-state index contributed by atoms with van der Waals surface area (Å²) in [5, 5.41) is 11.7. The van der Waals surface area contributed by atoms with Crippen LogP contribution in [0.3, 0.4) is 0 Å². The van der Waals surface area contributed by atoms with Crippen LogP contribution in [0.15, 0.2) is 18.2 Å². The van der Waals surface area contributed by atoms with Crippen LogP contribution < -0.4 is 11.1 Å². The maximum Gasteiger partial charge on any atom is 0.161 e. The molecule has 0 saturated carbocycles. The summed E-state index contributed by atoms with van der Waals surface area (Å²) in [5.41, 5.74) is 7.71. The summed E-state index contributed by atoms with van der Waals surface area (Å²) in [6.07, 6.45) is 0.842. The lowest BCUT2D eigenvalue weighted by Gasteiger charge is -2.09. The normalized spacial score (nSPS) is 10.3. The van der Waals surface area contributed by atoms with Crippen LogP contribution in [0, 0.1) is 0 Å². The van der Waals surface area contributed by atoms with E-state index in [-0.39, 0.29) is 12.4 Å². The molecular weight excluding hydrogens is 232 g/mol. The summed E-state index contributed by atoms with van der Waals surface area (Å²) in [6.45, 7) is 3.28. The second-order valence-electron chi connectivity index (χ2n) is 3.97. The standard InChI is InChI=1S/C13H20N2O3/c1-10(17)12-4-3-11(9-13(12)14)15-5-2-7-18-8-6-16/h3-4,9,15-16H,2,5-8,14H2,1H3. The number of nitrogens with one attached hydrogen (secondary N) is 1. The highest BCUT2D eigenvalue weighted by Gasteiger charge is 2.04. The Hall–Kier alpha value is -1.59. The molecule has 5 nitrogen and oxygen atoms in total. The van der Waals surface area contributed by atoms with Crippen molar-refractivity contribution in [1.29, 1.82) is 0 Å². The molecule has 0 atom stereocenters. The molecule has 0 saturated heterocycles. The van der Waals surface area contributed by atoms with Gasteiger partial charge >= 0.3 is 0 Å². The summed E-state index contributed by atoms with van der Waals surface area (Å²) in [7, 11) is 0. The molecule has 1 aromatic rings. The number of anilines is 2. The van der Waals surface area contributed by atoms with Crippen LogP contribution in [-0.4, -0.2) is 37.3 Å². The van der Waals surface area contributed by atoms with E-state index in [2.05, 4.69) is 5.32 Å². The number of nitrogens with two attached hydrogens (primary N) is 1. The van der Waals surface area contributed by atoms with Gasteiger partial charge in [0, 0.05) is 30.1 Å². The van der Waals surface area contributed by atoms with Gasteiger partial charge in [0.25, 0.3) is 0 Å². The predicted octanol–water partition coefficient (Wildman–Crippen LogP) is 1.28. The minimum absolute atomic E-state index is 0.0311. The average molecular weight is 252 g/mol. The molecule has 1 aromatic carbocycles. The second-order valence-corrected chi connectivity index (χ2v) is 3.97. The smallest absolute Gasteiger partial charge is 0.161 e. The molecule has 0 fully saturated rings. The van der Waals surface area contributed by atoms with Gasteiger partial charge in [-0.25, -0.2) is 0 Å². The Morgan fingerprint density at radius 1 is 1.44 bits per heavy atom. The highest BCUT2D eigenvalue weighted by molar-refractivity contribution is 5.99. The summed E-state index contributed by atoms with van der Waals surface area (Å²) in [4.78, 5) is 11.2. The molecule has 0 unspecified atom stereocenters. The molecule has 0 radical (unpaired) electrons. The number of ether oxygens (including phenoxy) is 1. The average Bonchev–Trinajstić information content (AvgIpc) is 2.33. The zero-order valence-electron chi connectivity index (χ0n) is 10.6. The first-order valence-corrected chi connectivity index (χ1v) is 5.98. The Balaban J connectivity index is 2.35. The van der Waals surface area contributed by atoms with Crippen molar-refractivity contribution in [2.75, 3.05) is 37.4 Å². The number of Topliss-reactive ketones (excluding diaryl/α,β-unsaturated/α-hetero) is 1. The maximum absolute atomic E-state index is 11.2. The van der Waals surface area contributed by atoms with Crippen LogP contribution in [0.2, 0.25) is 0 Å². The first-order valence-electron chi connectivity index (χ1n) is 5.98. The molecule has 0 bridgehead atoms. The molecule has 0 amide bonds. The van der Waals surface area contributed by atoms with Gasteiger partial charge in [0.05, 0.1) is 13.2 Å². The maximum atomic E-state index is 11.2. The van der Waals surface area contributed by atoms with E-state index in [1.807, 2.05) is 6.07 Å². The molecule has 0 heterocycles.